The second-order valence-corrected chi connectivity index (χ2v) is 22.2. The molecule has 2 bridgehead atoms. The smallest absolute Gasteiger partial charge is 0.248 e. The van der Waals surface area contributed by atoms with Crippen molar-refractivity contribution in [3.05, 3.63) is 130 Å². The number of unbranched alkanes of at least 4 members (excludes halogenated alkanes) is 1. The lowest BCUT2D eigenvalue weighted by Crippen LogP contribution is -2.71. The Morgan fingerprint density at radius 1 is 0.684 bits per heavy atom. The molecule has 0 radical (unpaired) electrons. The average molecular weight is 1150 g/mol. The zero-order valence-electron chi connectivity index (χ0n) is 42.8. The predicted molar refractivity (Wildman–Crippen MR) is 296 cm³/mol. The number of aliphatic hydroxyl groups is 1. The lowest BCUT2D eigenvalue weighted by molar-refractivity contribution is -0.140. The molecule has 0 spiro atoms. The van der Waals surface area contributed by atoms with E-state index in [1.807, 2.05) is 0 Å². The first-order chi connectivity index (χ1) is 37.6. The number of halogens is 1. The van der Waals surface area contributed by atoms with Gasteiger partial charge in [-0.1, -0.05) is 81.7 Å². The van der Waals surface area contributed by atoms with Gasteiger partial charge in [0.25, 0.3) is 0 Å². The maximum atomic E-state index is 14.9. The third kappa shape index (κ3) is 17.0. The number of carbonyl (C=O) groups excluding carboxylic acids is 9. The van der Waals surface area contributed by atoms with E-state index in [2.05, 4.69) is 31.9 Å². The number of carbonyl (C=O) groups is 9. The zero-order valence-corrected chi connectivity index (χ0v) is 45.2. The summed E-state index contributed by atoms with van der Waals surface area (Å²) >= 11 is 6.09. The number of piperidine rings is 1. The Morgan fingerprint density at radius 3 is 1.75 bits per heavy atom. The molecule has 2 aliphatic heterocycles. The van der Waals surface area contributed by atoms with Crippen molar-refractivity contribution in [1.82, 2.24) is 36.8 Å². The van der Waals surface area contributed by atoms with Crippen molar-refractivity contribution in [2.75, 3.05) is 19.3 Å². The van der Waals surface area contributed by atoms with Gasteiger partial charge in [0.1, 0.15) is 53.8 Å². The molecule has 9 amide bonds. The van der Waals surface area contributed by atoms with Gasteiger partial charge in [0.2, 0.25) is 53.2 Å². The van der Waals surface area contributed by atoms with Crippen LogP contribution in [0.5, 0.6) is 11.5 Å². The summed E-state index contributed by atoms with van der Waals surface area (Å²) in [4.78, 5) is 127. The van der Waals surface area contributed by atoms with Gasteiger partial charge in [-0.05, 0) is 103 Å². The fraction of sp³-hybridized carbons (Fsp3) is 0.377. The molecule has 2 fully saturated rings. The van der Waals surface area contributed by atoms with Crippen LogP contribution in [0.1, 0.15) is 51.9 Å². The summed E-state index contributed by atoms with van der Waals surface area (Å²) in [6, 6.07) is 12.1. The van der Waals surface area contributed by atoms with E-state index in [9.17, 15) is 58.5 Å². The highest BCUT2D eigenvalue weighted by Crippen LogP contribution is 2.36. The van der Waals surface area contributed by atoms with Crippen LogP contribution in [0.4, 0.5) is 0 Å². The Hall–Kier alpha value is -7.42. The largest absolute Gasteiger partial charge is 0.508 e. The molecule has 1 unspecified atom stereocenters. The topological polar surface area (TPSA) is 394 Å². The number of nitrogens with zero attached hydrogens (tertiary/aromatic N) is 1. The monoisotopic (exact) mass is 1150 g/mol. The van der Waals surface area contributed by atoms with Crippen molar-refractivity contribution in [3.8, 4) is 11.5 Å². The van der Waals surface area contributed by atoms with E-state index in [-0.39, 0.29) is 67.9 Å². The van der Waals surface area contributed by atoms with E-state index in [0.29, 0.717) is 33.7 Å². The lowest BCUT2D eigenvalue weighted by Gasteiger charge is -2.40. The molecular weight excluding hydrogens is 1080 g/mol. The first kappa shape index (κ1) is 60.8. The van der Waals surface area contributed by atoms with Crippen LogP contribution in [0.25, 0.3) is 0 Å². The number of aromatic hydroxyl groups is 2. The summed E-state index contributed by atoms with van der Waals surface area (Å²) in [5.41, 5.74) is 25.7. The van der Waals surface area contributed by atoms with Crippen molar-refractivity contribution in [1.29, 1.82) is 0 Å². The van der Waals surface area contributed by atoms with E-state index in [4.69, 9.17) is 34.5 Å². The average Bonchev–Trinajstić information content (AvgIpc) is 3.48. The fourth-order valence-electron chi connectivity index (χ4n) is 8.77. The third-order valence-corrected chi connectivity index (χ3v) is 16.4. The lowest BCUT2D eigenvalue weighted by atomic mass is 9.94. The van der Waals surface area contributed by atoms with E-state index < -0.39 is 113 Å². The van der Waals surface area contributed by atoms with Crippen LogP contribution in [0, 0.1) is 0 Å². The van der Waals surface area contributed by atoms with Gasteiger partial charge in [-0.2, -0.15) is 0 Å². The molecule has 0 aromatic heterocycles. The Labute approximate surface area is 467 Å². The van der Waals surface area contributed by atoms with E-state index in [0.717, 1.165) is 26.5 Å². The highest BCUT2D eigenvalue weighted by atomic mass is 35.5. The molecule has 10 atom stereocenters. The predicted octanol–water partition coefficient (Wildman–Crippen LogP) is -1.06. The minimum absolute atomic E-state index is 0.0158. The number of phenols is 2. The maximum absolute atomic E-state index is 14.9. The number of likely N-dealkylation sites (N-methyl/N-ethyl adjacent to an activating group) is 1. The minimum atomic E-state index is -1.89. The molecule has 2 aliphatic rings. The molecular formula is C53H64ClN11O12S2. The summed E-state index contributed by atoms with van der Waals surface area (Å²) in [6.45, 7) is 0.215. The van der Waals surface area contributed by atoms with Crippen molar-refractivity contribution >= 4 is 86.4 Å². The molecule has 17 N–H and O–H groups in total. The number of nitrogens with two attached hydrogens (primary N) is 4. The molecule has 23 nitrogen and oxygen atoms in total. The summed E-state index contributed by atoms with van der Waals surface area (Å²) in [7, 11) is 3.01. The summed E-state index contributed by atoms with van der Waals surface area (Å²) in [5.74, 6) is -8.48. The van der Waals surface area contributed by atoms with Gasteiger partial charge in [-0.3, -0.25) is 43.2 Å². The van der Waals surface area contributed by atoms with Gasteiger partial charge in [-0.25, -0.2) is 0 Å². The van der Waals surface area contributed by atoms with Crippen LogP contribution < -0.4 is 54.8 Å². The second kappa shape index (κ2) is 28.5. The maximum Gasteiger partial charge on any atom is 0.248 e. The van der Waals surface area contributed by atoms with E-state index >= 15 is 0 Å². The van der Waals surface area contributed by atoms with Gasteiger partial charge in [0.15, 0.2) is 0 Å². The summed E-state index contributed by atoms with van der Waals surface area (Å²) in [5, 5.41) is 47.0. The number of hydrogen-bond donors (Lipinski definition) is 13. The number of hydrogen-bond acceptors (Lipinski definition) is 16. The Balaban J connectivity index is 1.42. The summed E-state index contributed by atoms with van der Waals surface area (Å²) < 4.78 is 0. The Kier molecular flexibility index (Phi) is 21.9. The van der Waals surface area contributed by atoms with Crippen molar-refractivity contribution in [2.24, 2.45) is 22.9 Å². The van der Waals surface area contributed by atoms with Gasteiger partial charge >= 0.3 is 0 Å². The number of primary amides is 2. The van der Waals surface area contributed by atoms with Crippen LogP contribution in [-0.4, -0.2) is 152 Å². The van der Waals surface area contributed by atoms with Crippen LogP contribution >= 0.6 is 33.2 Å². The second-order valence-electron chi connectivity index (χ2n) is 19.1. The van der Waals surface area contributed by atoms with Gasteiger partial charge in [-0.15, -0.1) is 0 Å². The Morgan fingerprint density at radius 2 is 1.19 bits per heavy atom. The summed E-state index contributed by atoms with van der Waals surface area (Å²) in [6.07, 6.45) is -1.84. The number of benzene rings is 4. The normalized spacial score (nSPS) is 22.9. The molecule has 0 aliphatic carbocycles. The number of phenolic OH excluding ortho intramolecular Hbond substituents is 2. The highest BCUT2D eigenvalue weighted by Gasteiger charge is 2.49. The fourth-order valence-corrected chi connectivity index (χ4v) is 12.0. The van der Waals surface area contributed by atoms with E-state index in [1.165, 1.54) is 79.8 Å². The van der Waals surface area contributed by atoms with Gasteiger partial charge < -0.3 is 75.1 Å². The van der Waals surface area contributed by atoms with Gasteiger partial charge in [0, 0.05) is 42.6 Å². The SMILES string of the molecule is CN(C(=O)[C@@H](N)Cc1ccc(Cl)cc1)[C@@H]1CSSC2[C@@H](C(=O)N[C@H](Cc3ccc(O)cc3)C(N)=O)NC(=O)[C@@H](NC(=O)[C@H](CCCCN)NC(=O)[C@@H](Cc3ccc(C(N)=O)cc3)NC(=O)[C@H](Cc3ccc(O)cc3)NC1=O)[C@@H]2O. The number of nitrogens with one attached hydrogen (secondary N) is 6. The number of aliphatic hydroxyl groups excluding tert-OH is 1. The number of fused-ring (bicyclic) bond motifs is 2. The first-order valence-corrected chi connectivity index (χ1v) is 27.9. The molecule has 4 aromatic rings. The number of amides is 9. The molecule has 26 heteroatoms. The molecule has 422 valence electrons. The minimum Gasteiger partial charge on any atom is -0.508 e. The zero-order chi connectivity index (χ0) is 57.5. The molecule has 79 heavy (non-hydrogen) atoms. The third-order valence-electron chi connectivity index (χ3n) is 13.3. The quantitative estimate of drug-likeness (QED) is 0.0417. The van der Waals surface area contributed by atoms with Crippen LogP contribution in [0.2, 0.25) is 5.02 Å². The molecule has 2 saturated heterocycles. The van der Waals surface area contributed by atoms with Crippen molar-refractivity contribution in [2.45, 2.75) is 105 Å². The first-order valence-electron chi connectivity index (χ1n) is 25.1. The molecule has 2 heterocycles. The van der Waals surface area contributed by atoms with Crippen LogP contribution in [0.3, 0.4) is 0 Å². The Bertz CT molecular complexity index is 2840. The molecule has 4 aromatic carbocycles. The van der Waals surface area contributed by atoms with Crippen molar-refractivity contribution < 1.29 is 58.5 Å². The highest BCUT2D eigenvalue weighted by molar-refractivity contribution is 8.77. The van der Waals surface area contributed by atoms with Crippen molar-refractivity contribution in [3.63, 3.8) is 0 Å². The number of rotatable bonds is 18. The molecule has 6 rings (SSSR count). The van der Waals surface area contributed by atoms with Crippen LogP contribution in [-0.2, 0) is 64.0 Å². The van der Waals surface area contributed by atoms with E-state index in [1.54, 1.807) is 24.3 Å². The van der Waals surface area contributed by atoms with Gasteiger partial charge in [0.05, 0.1) is 17.4 Å². The van der Waals surface area contributed by atoms with Crippen LogP contribution in [0.15, 0.2) is 97.1 Å². The molecule has 0 saturated carbocycles. The standard InChI is InChI=1S/C53H64ClN11O12S2/c1-65(53(77)35(56)22-27-7-15-32(54)16-8-27)40-26-78-79-44-42(52(76)60-37(46(58)70)23-29-9-17-33(66)18-10-29)64-51(75)41(43(44)68)63-47(71)36(4-2-3-21-55)59-48(72)38(24-28-5-13-31(14-6-28)45(57)69)61-49(73)39(62-50(40)74)25-30-11-19-34(67)20-12-30/h5-20,35-44,66-68H,2-4,21-26,55-56H2,1H3,(H2,57,69)(H2,58,70)(H,59,72)(H,60,76)(H,61,73)(H,62,74)(H,63,71)(H,64,75)/t35-,36-,37+,38+,39-,40+,41-,42-,43-,44?/m0/s1.